The molecule has 1 heterocycles. The average Bonchev–Trinajstić information content (AvgIpc) is 2.67. The number of rotatable bonds is 1. The first-order valence-corrected chi connectivity index (χ1v) is 8.16. The van der Waals surface area contributed by atoms with E-state index in [2.05, 4.69) is 77.8 Å². The molecule has 24 heavy (non-hydrogen) atoms. The van der Waals surface area contributed by atoms with Crippen LogP contribution in [0, 0.1) is 0 Å². The molecule has 0 aliphatic carbocycles. The topological polar surface area (TPSA) is 12.9 Å². The number of nitrogens with zero attached hydrogens (tertiary/aromatic N) is 1. The summed E-state index contributed by atoms with van der Waals surface area (Å²) in [6.45, 7) is 0. The lowest BCUT2D eigenvalue weighted by Gasteiger charge is -2.12. The lowest BCUT2D eigenvalue weighted by Crippen LogP contribution is -1.87. The van der Waals surface area contributed by atoms with Crippen LogP contribution in [0.1, 0.15) is 0 Å². The number of benzene rings is 4. The van der Waals surface area contributed by atoms with E-state index >= 15 is 0 Å². The van der Waals surface area contributed by atoms with Crippen molar-refractivity contribution >= 4 is 32.3 Å². The molecule has 0 aliphatic heterocycles. The van der Waals surface area contributed by atoms with Crippen LogP contribution in [0.4, 0.5) is 0 Å². The smallest absolute Gasteiger partial charge is 0.0708 e. The fraction of sp³-hybridized carbons (Fsp3) is 0. The summed E-state index contributed by atoms with van der Waals surface area (Å²) in [4.78, 5) is 4.57. The van der Waals surface area contributed by atoms with Gasteiger partial charge in [-0.3, -0.25) is 4.98 Å². The number of hydrogen-bond acceptors (Lipinski definition) is 1. The van der Waals surface area contributed by atoms with E-state index in [9.17, 15) is 0 Å². The lowest BCUT2D eigenvalue weighted by atomic mass is 9.92. The molecule has 0 unspecified atom stereocenters. The van der Waals surface area contributed by atoms with Gasteiger partial charge in [-0.1, -0.05) is 66.7 Å². The van der Waals surface area contributed by atoms with E-state index in [1.54, 1.807) is 0 Å². The summed E-state index contributed by atoms with van der Waals surface area (Å²) >= 11 is 0. The minimum absolute atomic E-state index is 1.02. The summed E-state index contributed by atoms with van der Waals surface area (Å²) in [5.41, 5.74) is 2.21. The molecule has 112 valence electrons. The van der Waals surface area contributed by atoms with Crippen LogP contribution >= 0.6 is 0 Å². The Morgan fingerprint density at radius 3 is 2.08 bits per heavy atom. The van der Waals surface area contributed by atoms with E-state index in [-0.39, 0.29) is 0 Å². The number of fused-ring (bicyclic) bond motifs is 5. The van der Waals surface area contributed by atoms with Gasteiger partial charge in [0.05, 0.1) is 5.69 Å². The molecular weight excluding hydrogens is 290 g/mol. The fourth-order valence-corrected chi connectivity index (χ4v) is 3.61. The first-order chi connectivity index (χ1) is 11.9. The molecular formula is C23H15N. The van der Waals surface area contributed by atoms with E-state index in [0.29, 0.717) is 0 Å². The molecule has 1 nitrogen and oxygen atoms in total. The highest BCUT2D eigenvalue weighted by atomic mass is 14.7. The van der Waals surface area contributed by atoms with Crippen molar-refractivity contribution in [3.63, 3.8) is 0 Å². The maximum Gasteiger partial charge on any atom is 0.0708 e. The minimum Gasteiger partial charge on any atom is -0.256 e. The molecule has 0 bridgehead atoms. The summed E-state index contributed by atoms with van der Waals surface area (Å²) in [5, 5.41) is 7.70. The molecule has 0 atom stereocenters. The van der Waals surface area contributed by atoms with Crippen molar-refractivity contribution < 1.29 is 0 Å². The highest BCUT2D eigenvalue weighted by molar-refractivity contribution is 6.23. The SMILES string of the molecule is c1ccc(-c2cc3ccc4ccccc4c3c3ccccc23)nc1. The zero-order valence-electron chi connectivity index (χ0n) is 13.1. The minimum atomic E-state index is 1.02. The zero-order valence-corrected chi connectivity index (χ0v) is 13.1. The summed E-state index contributed by atoms with van der Waals surface area (Å²) in [7, 11) is 0. The van der Waals surface area contributed by atoms with Crippen molar-refractivity contribution in [2.24, 2.45) is 0 Å². The van der Waals surface area contributed by atoms with Crippen LogP contribution in [-0.4, -0.2) is 4.98 Å². The Morgan fingerprint density at radius 1 is 0.542 bits per heavy atom. The number of hydrogen-bond donors (Lipinski definition) is 0. The van der Waals surface area contributed by atoms with Gasteiger partial charge >= 0.3 is 0 Å². The standard InChI is InChI=1S/C23H15N/c1-2-8-18-16(7-1)12-13-17-15-21(22-11-5-6-14-24-22)19-9-3-4-10-20(19)23(17)18/h1-15H. The largest absolute Gasteiger partial charge is 0.256 e. The highest BCUT2D eigenvalue weighted by Gasteiger charge is 2.11. The Hall–Kier alpha value is -3.19. The maximum atomic E-state index is 4.57. The van der Waals surface area contributed by atoms with Crippen molar-refractivity contribution in [2.45, 2.75) is 0 Å². The molecule has 1 aromatic heterocycles. The van der Waals surface area contributed by atoms with Crippen LogP contribution in [0.2, 0.25) is 0 Å². The van der Waals surface area contributed by atoms with Crippen LogP contribution in [-0.2, 0) is 0 Å². The Kier molecular flexibility index (Phi) is 2.86. The van der Waals surface area contributed by atoms with Crippen LogP contribution in [0.3, 0.4) is 0 Å². The monoisotopic (exact) mass is 305 g/mol. The van der Waals surface area contributed by atoms with Gasteiger partial charge in [0.1, 0.15) is 0 Å². The second-order valence-corrected chi connectivity index (χ2v) is 6.07. The predicted octanol–water partition coefficient (Wildman–Crippen LogP) is 6.21. The summed E-state index contributed by atoms with van der Waals surface area (Å²) in [6.07, 6.45) is 1.86. The van der Waals surface area contributed by atoms with E-state index in [1.165, 1.54) is 37.9 Å². The summed E-state index contributed by atoms with van der Waals surface area (Å²) < 4.78 is 0. The van der Waals surface area contributed by atoms with Gasteiger partial charge in [0, 0.05) is 11.8 Å². The molecule has 0 radical (unpaired) electrons. The molecule has 1 heteroatoms. The van der Waals surface area contributed by atoms with Gasteiger partial charge in [0.15, 0.2) is 0 Å². The Morgan fingerprint density at radius 2 is 1.25 bits per heavy atom. The van der Waals surface area contributed by atoms with Crippen molar-refractivity contribution in [3.8, 4) is 11.3 Å². The molecule has 5 aromatic rings. The molecule has 0 aliphatic rings. The normalized spacial score (nSPS) is 11.3. The van der Waals surface area contributed by atoms with E-state index in [4.69, 9.17) is 0 Å². The number of pyridine rings is 1. The first-order valence-electron chi connectivity index (χ1n) is 8.16. The number of aromatic nitrogens is 1. The maximum absolute atomic E-state index is 4.57. The van der Waals surface area contributed by atoms with Gasteiger partial charge in [0.25, 0.3) is 0 Å². The first kappa shape index (κ1) is 13.3. The van der Waals surface area contributed by atoms with Gasteiger partial charge < -0.3 is 0 Å². The molecule has 0 N–H and O–H groups in total. The quantitative estimate of drug-likeness (QED) is 0.336. The molecule has 0 saturated heterocycles. The van der Waals surface area contributed by atoms with Gasteiger partial charge in [-0.25, -0.2) is 0 Å². The molecule has 0 amide bonds. The van der Waals surface area contributed by atoms with Crippen LogP contribution < -0.4 is 0 Å². The van der Waals surface area contributed by atoms with Crippen molar-refractivity contribution in [2.75, 3.05) is 0 Å². The van der Waals surface area contributed by atoms with Crippen molar-refractivity contribution in [3.05, 3.63) is 91.1 Å². The van der Waals surface area contributed by atoms with Crippen LogP contribution in [0.25, 0.3) is 43.6 Å². The molecule has 5 rings (SSSR count). The van der Waals surface area contributed by atoms with Crippen molar-refractivity contribution in [1.29, 1.82) is 0 Å². The average molecular weight is 305 g/mol. The summed E-state index contributed by atoms with van der Waals surface area (Å²) in [6, 6.07) is 30.0. The Bertz CT molecular complexity index is 1190. The third-order valence-electron chi connectivity index (χ3n) is 4.69. The van der Waals surface area contributed by atoms with Crippen LogP contribution in [0.5, 0.6) is 0 Å². The Labute approximate surface area is 140 Å². The third kappa shape index (κ3) is 1.92. The summed E-state index contributed by atoms with van der Waals surface area (Å²) in [5.74, 6) is 0. The lowest BCUT2D eigenvalue weighted by molar-refractivity contribution is 1.33. The van der Waals surface area contributed by atoms with Crippen LogP contribution in [0.15, 0.2) is 91.1 Å². The highest BCUT2D eigenvalue weighted by Crippen LogP contribution is 2.37. The van der Waals surface area contributed by atoms with Gasteiger partial charge in [-0.2, -0.15) is 0 Å². The Balaban J connectivity index is 2.02. The van der Waals surface area contributed by atoms with E-state index in [0.717, 1.165) is 5.69 Å². The second kappa shape index (κ2) is 5.17. The third-order valence-corrected chi connectivity index (χ3v) is 4.69. The van der Waals surface area contributed by atoms with Gasteiger partial charge in [-0.05, 0) is 50.5 Å². The molecule has 0 saturated carbocycles. The second-order valence-electron chi connectivity index (χ2n) is 6.07. The molecule has 4 aromatic carbocycles. The molecule has 0 fully saturated rings. The van der Waals surface area contributed by atoms with E-state index in [1.807, 2.05) is 18.3 Å². The van der Waals surface area contributed by atoms with Gasteiger partial charge in [-0.15, -0.1) is 0 Å². The van der Waals surface area contributed by atoms with Crippen molar-refractivity contribution in [1.82, 2.24) is 4.98 Å². The molecule has 0 spiro atoms. The predicted molar refractivity (Wildman–Crippen MR) is 102 cm³/mol. The van der Waals surface area contributed by atoms with E-state index < -0.39 is 0 Å². The van der Waals surface area contributed by atoms with Gasteiger partial charge in [0.2, 0.25) is 0 Å². The fourth-order valence-electron chi connectivity index (χ4n) is 3.61. The zero-order chi connectivity index (χ0) is 15.9.